The van der Waals surface area contributed by atoms with E-state index in [1.54, 1.807) is 6.08 Å². The van der Waals surface area contributed by atoms with Gasteiger partial charge in [-0.3, -0.25) is 0 Å². The van der Waals surface area contributed by atoms with Crippen LogP contribution in [-0.4, -0.2) is 33.0 Å². The maximum absolute atomic E-state index is 11.6. The van der Waals surface area contributed by atoms with Crippen LogP contribution in [0.4, 0.5) is 4.79 Å². The fraction of sp³-hybridized carbons (Fsp3) is 0.333. The summed E-state index contributed by atoms with van der Waals surface area (Å²) in [6.45, 7) is 5.94. The molecule has 2 aromatic rings. The Morgan fingerprint density at radius 1 is 1.44 bits per heavy atom. The number of alkyl carbamates (subject to hydrolysis) is 1. The van der Waals surface area contributed by atoms with Gasteiger partial charge in [0.2, 0.25) is 0 Å². The summed E-state index contributed by atoms with van der Waals surface area (Å²) in [5.41, 5.74) is 1.79. The molecule has 1 heterocycles. The third-order valence-corrected chi connectivity index (χ3v) is 3.12. The normalized spacial score (nSPS) is 11.7. The Kier molecular flexibility index (Phi) is 5.90. The maximum Gasteiger partial charge on any atom is 0.407 e. The molecular weight excluding hydrogens is 318 g/mol. The minimum atomic E-state index is -0.510. The Hall–Kier alpha value is -3.14. The summed E-state index contributed by atoms with van der Waals surface area (Å²) in [7, 11) is 0. The highest BCUT2D eigenvalue weighted by molar-refractivity contribution is 5.78. The molecule has 0 atom stereocenters. The van der Waals surface area contributed by atoms with E-state index in [1.807, 2.05) is 45.0 Å². The van der Waals surface area contributed by atoms with Crippen LogP contribution in [0, 0.1) is 11.3 Å². The lowest BCUT2D eigenvalue weighted by molar-refractivity contribution is 0.0528. The van der Waals surface area contributed by atoms with E-state index >= 15 is 0 Å². The highest BCUT2D eigenvalue weighted by atomic mass is 16.6. The van der Waals surface area contributed by atoms with Crippen LogP contribution in [0.2, 0.25) is 0 Å². The van der Waals surface area contributed by atoms with Gasteiger partial charge in [0.25, 0.3) is 0 Å². The molecule has 0 radical (unpaired) electrons. The number of hydrogen-bond donors (Lipinski definition) is 1. The summed E-state index contributed by atoms with van der Waals surface area (Å²) in [5, 5.41) is 15.9. The largest absolute Gasteiger partial charge is 0.444 e. The third kappa shape index (κ3) is 6.11. The Balaban J connectivity index is 1.97. The van der Waals surface area contributed by atoms with E-state index in [0.29, 0.717) is 18.7 Å². The molecule has 0 fully saturated rings. The van der Waals surface area contributed by atoms with Crippen LogP contribution in [0.3, 0.4) is 0 Å². The van der Waals surface area contributed by atoms with Crippen molar-refractivity contribution in [2.24, 2.45) is 0 Å². The number of rotatable bonds is 5. The van der Waals surface area contributed by atoms with Crippen molar-refractivity contribution < 1.29 is 9.53 Å². The highest BCUT2D eigenvalue weighted by Crippen LogP contribution is 2.12. The minimum absolute atomic E-state index is 0.376. The molecule has 0 saturated carbocycles. The zero-order valence-corrected chi connectivity index (χ0v) is 14.6. The summed E-state index contributed by atoms with van der Waals surface area (Å²) in [6.07, 6.45) is 4.82. The van der Waals surface area contributed by atoms with Gasteiger partial charge in [0, 0.05) is 6.54 Å². The predicted octanol–water partition coefficient (Wildman–Crippen LogP) is 2.87. The fourth-order valence-electron chi connectivity index (χ4n) is 2.10. The van der Waals surface area contributed by atoms with Gasteiger partial charge in [0.15, 0.2) is 0 Å². The molecule has 2 rings (SSSR count). The van der Waals surface area contributed by atoms with E-state index < -0.39 is 11.7 Å². The van der Waals surface area contributed by atoms with Gasteiger partial charge in [0.1, 0.15) is 30.0 Å². The van der Waals surface area contributed by atoms with E-state index in [-0.39, 0.29) is 0 Å². The molecule has 7 nitrogen and oxygen atoms in total. The number of amides is 1. The second-order valence-electron chi connectivity index (χ2n) is 6.41. The van der Waals surface area contributed by atoms with Crippen molar-refractivity contribution in [3.63, 3.8) is 0 Å². The van der Waals surface area contributed by atoms with Crippen LogP contribution >= 0.6 is 0 Å². The average molecular weight is 339 g/mol. The first-order valence-corrected chi connectivity index (χ1v) is 7.90. The van der Waals surface area contributed by atoms with Crippen molar-refractivity contribution >= 4 is 17.9 Å². The van der Waals surface area contributed by atoms with Gasteiger partial charge in [-0.2, -0.15) is 10.4 Å². The Bertz CT molecular complexity index is 783. The van der Waals surface area contributed by atoms with Gasteiger partial charge in [0.05, 0.1) is 0 Å². The van der Waals surface area contributed by atoms with Crippen LogP contribution < -0.4 is 5.32 Å². The quantitative estimate of drug-likeness (QED) is 0.846. The zero-order valence-electron chi connectivity index (χ0n) is 14.6. The molecule has 0 saturated heterocycles. The number of nitrogens with zero attached hydrogens (tertiary/aromatic N) is 4. The molecule has 1 amide bonds. The Labute approximate surface area is 146 Å². The summed E-state index contributed by atoms with van der Waals surface area (Å²) >= 11 is 0. The van der Waals surface area contributed by atoms with Crippen molar-refractivity contribution in [3.8, 4) is 6.07 Å². The van der Waals surface area contributed by atoms with Crippen molar-refractivity contribution in [2.45, 2.75) is 32.8 Å². The van der Waals surface area contributed by atoms with Crippen LogP contribution in [0.15, 0.2) is 36.9 Å². The summed E-state index contributed by atoms with van der Waals surface area (Å²) in [5.74, 6) is 0. The molecule has 0 aliphatic heterocycles. The minimum Gasteiger partial charge on any atom is -0.444 e. The van der Waals surface area contributed by atoms with Crippen LogP contribution in [-0.2, 0) is 11.2 Å². The molecule has 1 N–H and O–H groups in total. The van der Waals surface area contributed by atoms with E-state index in [9.17, 15) is 10.1 Å². The number of carbonyl (C=O) groups is 1. The topological polar surface area (TPSA) is 92.8 Å². The number of allylic oxidation sites excluding steroid dienone is 1. The number of hydrogen-bond acceptors (Lipinski definition) is 5. The fourth-order valence-corrected chi connectivity index (χ4v) is 2.10. The van der Waals surface area contributed by atoms with Crippen LogP contribution in [0.1, 0.15) is 31.9 Å². The van der Waals surface area contributed by atoms with E-state index in [0.717, 1.165) is 11.1 Å². The summed E-state index contributed by atoms with van der Waals surface area (Å²) < 4.78 is 6.61. The molecule has 1 aromatic heterocycles. The Morgan fingerprint density at radius 3 is 2.88 bits per heavy atom. The molecule has 0 spiro atoms. The molecular formula is C18H21N5O2. The number of aromatic nitrogens is 3. The maximum atomic E-state index is 11.6. The second kappa shape index (κ2) is 8.11. The molecule has 0 aliphatic carbocycles. The molecule has 0 unspecified atom stereocenters. The highest BCUT2D eigenvalue weighted by Gasteiger charge is 2.15. The van der Waals surface area contributed by atoms with Crippen molar-refractivity contribution in [2.75, 3.05) is 6.54 Å². The molecule has 25 heavy (non-hydrogen) atoms. The van der Waals surface area contributed by atoms with Gasteiger partial charge in [-0.05, 0) is 44.4 Å². The predicted molar refractivity (Wildman–Crippen MR) is 94.2 cm³/mol. The zero-order chi connectivity index (χ0) is 18.3. The first-order chi connectivity index (χ1) is 11.9. The number of ether oxygens (including phenoxy) is 1. The van der Waals surface area contributed by atoms with E-state index in [4.69, 9.17) is 4.74 Å². The van der Waals surface area contributed by atoms with Gasteiger partial charge < -0.3 is 10.1 Å². The Morgan fingerprint density at radius 2 is 2.24 bits per heavy atom. The third-order valence-electron chi connectivity index (χ3n) is 3.12. The van der Waals surface area contributed by atoms with E-state index in [2.05, 4.69) is 21.5 Å². The summed E-state index contributed by atoms with van der Waals surface area (Å²) in [6, 6.07) is 9.84. The van der Waals surface area contributed by atoms with Gasteiger partial charge in [-0.1, -0.05) is 24.3 Å². The molecule has 1 aromatic carbocycles. The monoisotopic (exact) mass is 339 g/mol. The average Bonchev–Trinajstić information content (AvgIpc) is 3.05. The summed E-state index contributed by atoms with van der Waals surface area (Å²) in [4.78, 5) is 15.5. The smallest absolute Gasteiger partial charge is 0.407 e. The number of benzene rings is 1. The number of nitrogens with one attached hydrogen (secondary N) is 1. The molecule has 7 heteroatoms. The van der Waals surface area contributed by atoms with Crippen LogP contribution in [0.5, 0.6) is 0 Å². The van der Waals surface area contributed by atoms with Gasteiger partial charge in [-0.25, -0.2) is 14.5 Å². The van der Waals surface area contributed by atoms with Gasteiger partial charge in [-0.15, -0.1) is 0 Å². The standard InChI is InChI=1S/C18H21N5O2/c1-18(2,3)25-17(24)21-8-7-14-5-4-6-15(9-14)10-16(11-19)23-13-20-12-22-23/h4-6,9-10,12-13H,7-8H2,1-3H3,(H,21,24). The number of carbonyl (C=O) groups excluding carboxylic acids is 1. The van der Waals surface area contributed by atoms with Crippen molar-refractivity contribution in [1.29, 1.82) is 5.26 Å². The molecule has 130 valence electrons. The first-order valence-electron chi connectivity index (χ1n) is 7.90. The van der Waals surface area contributed by atoms with E-state index in [1.165, 1.54) is 17.3 Å². The lowest BCUT2D eigenvalue weighted by Crippen LogP contribution is -2.33. The number of nitriles is 1. The molecule has 0 bridgehead atoms. The lowest BCUT2D eigenvalue weighted by atomic mass is 10.1. The van der Waals surface area contributed by atoms with Crippen molar-refractivity contribution in [1.82, 2.24) is 20.1 Å². The SMILES string of the molecule is CC(C)(C)OC(=O)NCCc1cccc(C=C(C#N)n2cncn2)c1. The van der Waals surface area contributed by atoms with Gasteiger partial charge >= 0.3 is 6.09 Å². The first kappa shape index (κ1) is 18.2. The molecule has 0 aliphatic rings. The van der Waals surface area contributed by atoms with Crippen molar-refractivity contribution in [3.05, 3.63) is 48.0 Å². The van der Waals surface area contributed by atoms with Crippen LogP contribution in [0.25, 0.3) is 11.8 Å². The second-order valence-corrected chi connectivity index (χ2v) is 6.41. The lowest BCUT2D eigenvalue weighted by Gasteiger charge is -2.19.